The fourth-order valence-electron chi connectivity index (χ4n) is 6.25. The molecule has 4 atom stereocenters. The van der Waals surface area contributed by atoms with E-state index in [1.165, 1.54) is 12.8 Å². The summed E-state index contributed by atoms with van der Waals surface area (Å²) in [6.45, 7) is 6.55. The van der Waals surface area contributed by atoms with E-state index in [0.717, 1.165) is 44.4 Å². The van der Waals surface area contributed by atoms with Crippen molar-refractivity contribution in [1.82, 2.24) is 0 Å². The molecule has 0 aliphatic heterocycles. The molecule has 3 rings (SSSR count). The van der Waals surface area contributed by atoms with Crippen molar-refractivity contribution in [3.63, 3.8) is 0 Å². The van der Waals surface area contributed by atoms with Gasteiger partial charge in [-0.05, 0) is 44.4 Å². The maximum Gasteiger partial charge on any atom is 0.0979 e. The molecule has 3 aliphatic rings. The predicted molar refractivity (Wildman–Crippen MR) is 113 cm³/mol. The van der Waals surface area contributed by atoms with E-state index in [0.29, 0.717) is 0 Å². The summed E-state index contributed by atoms with van der Waals surface area (Å²) >= 11 is 0. The third-order valence-corrected chi connectivity index (χ3v) is 7.81. The summed E-state index contributed by atoms with van der Waals surface area (Å²) in [5.41, 5.74) is -2.56. The minimum Gasteiger partial charge on any atom is -0.384 e. The minimum absolute atomic E-state index is 0.0473. The van der Waals surface area contributed by atoms with Crippen LogP contribution in [0.25, 0.3) is 0 Å². The van der Waals surface area contributed by atoms with Crippen LogP contribution in [0.1, 0.15) is 72.1 Å². The first kappa shape index (κ1) is 20.6. The van der Waals surface area contributed by atoms with E-state index in [2.05, 4.69) is 45.1 Å². The summed E-state index contributed by atoms with van der Waals surface area (Å²) < 4.78 is 0. The molecule has 0 radical (unpaired) electrons. The Balaban J connectivity index is 2.08. The SMILES string of the molecule is CCCC1CCC(C2(O)C=CC=CC2CC)(C2(O)C=CC=CC2CC)CC1. The van der Waals surface area contributed by atoms with Crippen LogP contribution < -0.4 is 0 Å². The minimum atomic E-state index is -1.01. The number of aliphatic hydroxyl groups is 2. The highest BCUT2D eigenvalue weighted by Gasteiger charge is 2.64. The van der Waals surface area contributed by atoms with Crippen molar-refractivity contribution >= 4 is 0 Å². The quantitative estimate of drug-likeness (QED) is 0.627. The number of hydrogen-bond donors (Lipinski definition) is 2. The Hall–Kier alpha value is -1.12. The van der Waals surface area contributed by atoms with Gasteiger partial charge in [0.1, 0.15) is 0 Å². The second-order valence-electron chi connectivity index (χ2n) is 8.98. The van der Waals surface area contributed by atoms with Crippen LogP contribution in [-0.2, 0) is 0 Å². The van der Waals surface area contributed by atoms with Crippen LogP contribution in [-0.4, -0.2) is 21.4 Å². The van der Waals surface area contributed by atoms with Gasteiger partial charge in [0, 0.05) is 17.3 Å². The van der Waals surface area contributed by atoms with Gasteiger partial charge in [-0.3, -0.25) is 0 Å². The van der Waals surface area contributed by atoms with Gasteiger partial charge in [-0.2, -0.15) is 0 Å². The monoisotopic (exact) mass is 370 g/mol. The van der Waals surface area contributed by atoms with Gasteiger partial charge >= 0.3 is 0 Å². The molecule has 2 heteroatoms. The zero-order valence-corrected chi connectivity index (χ0v) is 17.4. The zero-order chi connectivity index (χ0) is 19.5. The highest BCUT2D eigenvalue weighted by atomic mass is 16.3. The summed E-state index contributed by atoms with van der Waals surface area (Å²) in [6.07, 6.45) is 24.6. The Morgan fingerprint density at radius 1 is 0.778 bits per heavy atom. The average Bonchev–Trinajstić information content (AvgIpc) is 2.69. The fourth-order valence-corrected chi connectivity index (χ4v) is 6.25. The van der Waals surface area contributed by atoms with Crippen LogP contribution in [0.2, 0.25) is 0 Å². The third kappa shape index (κ3) is 3.19. The molecule has 0 aromatic rings. The Morgan fingerprint density at radius 3 is 1.67 bits per heavy atom. The second-order valence-corrected chi connectivity index (χ2v) is 8.98. The molecule has 0 spiro atoms. The molecule has 2 N–H and O–H groups in total. The Bertz CT molecular complexity index is 576. The topological polar surface area (TPSA) is 40.5 Å². The normalized spacial score (nSPS) is 44.0. The van der Waals surface area contributed by atoms with E-state index >= 15 is 0 Å². The van der Waals surface area contributed by atoms with Crippen LogP contribution in [0, 0.1) is 23.2 Å². The van der Waals surface area contributed by atoms with Crippen LogP contribution in [0.3, 0.4) is 0 Å². The predicted octanol–water partition coefficient (Wildman–Crippen LogP) is 5.73. The van der Waals surface area contributed by atoms with E-state index in [1.54, 1.807) is 0 Å². The first-order valence-corrected chi connectivity index (χ1v) is 11.1. The molecule has 1 fully saturated rings. The van der Waals surface area contributed by atoms with Crippen molar-refractivity contribution in [2.45, 2.75) is 83.3 Å². The van der Waals surface area contributed by atoms with E-state index in [1.807, 2.05) is 24.3 Å². The highest BCUT2D eigenvalue weighted by Crippen LogP contribution is 2.61. The first-order chi connectivity index (χ1) is 13.0. The molecule has 2 nitrogen and oxygen atoms in total. The molecule has 0 aromatic heterocycles. The van der Waals surface area contributed by atoms with Crippen molar-refractivity contribution in [2.24, 2.45) is 23.2 Å². The molecule has 27 heavy (non-hydrogen) atoms. The summed E-state index contributed by atoms with van der Waals surface area (Å²) in [7, 11) is 0. The second kappa shape index (κ2) is 8.09. The Labute approximate surface area is 165 Å². The fraction of sp³-hybridized carbons (Fsp3) is 0.680. The van der Waals surface area contributed by atoms with E-state index in [9.17, 15) is 10.2 Å². The van der Waals surface area contributed by atoms with Gasteiger partial charge in [-0.15, -0.1) is 0 Å². The molecule has 0 saturated heterocycles. The molecule has 0 amide bonds. The van der Waals surface area contributed by atoms with Crippen molar-refractivity contribution in [3.05, 3.63) is 48.6 Å². The van der Waals surface area contributed by atoms with E-state index in [4.69, 9.17) is 0 Å². The number of allylic oxidation sites excluding steroid dienone is 4. The van der Waals surface area contributed by atoms with Gasteiger partial charge in [0.15, 0.2) is 0 Å². The molecule has 1 saturated carbocycles. The van der Waals surface area contributed by atoms with Crippen LogP contribution in [0.5, 0.6) is 0 Å². The first-order valence-electron chi connectivity index (χ1n) is 11.1. The summed E-state index contributed by atoms with van der Waals surface area (Å²) in [6, 6.07) is 0. The summed E-state index contributed by atoms with van der Waals surface area (Å²) in [5, 5.41) is 24.4. The largest absolute Gasteiger partial charge is 0.384 e. The molecule has 3 aliphatic carbocycles. The van der Waals surface area contributed by atoms with Gasteiger partial charge in [0.25, 0.3) is 0 Å². The molecule has 4 unspecified atom stereocenters. The van der Waals surface area contributed by atoms with Crippen molar-refractivity contribution < 1.29 is 10.2 Å². The average molecular weight is 371 g/mol. The standard InChI is InChI=1S/C25H38O2/c1-4-11-20-14-18-23(19-15-20,24(26)16-9-7-12-21(24)5-2)25(27)17-10-8-13-22(25)6-3/h7-10,12-13,16-17,20-22,26-27H,4-6,11,14-15,18-19H2,1-3H3. The lowest BCUT2D eigenvalue weighted by Crippen LogP contribution is -2.67. The van der Waals surface area contributed by atoms with Gasteiger partial charge in [-0.1, -0.05) is 82.2 Å². The van der Waals surface area contributed by atoms with Gasteiger partial charge in [-0.25, -0.2) is 0 Å². The lowest BCUT2D eigenvalue weighted by atomic mass is 9.47. The molecule has 0 heterocycles. The smallest absolute Gasteiger partial charge is 0.0979 e. The van der Waals surface area contributed by atoms with E-state index in [-0.39, 0.29) is 11.8 Å². The maximum atomic E-state index is 12.2. The zero-order valence-electron chi connectivity index (χ0n) is 17.4. The molecular weight excluding hydrogens is 332 g/mol. The maximum absolute atomic E-state index is 12.2. The van der Waals surface area contributed by atoms with Crippen molar-refractivity contribution in [1.29, 1.82) is 0 Å². The number of hydrogen-bond acceptors (Lipinski definition) is 2. The Morgan fingerprint density at radius 2 is 1.26 bits per heavy atom. The summed E-state index contributed by atoms with van der Waals surface area (Å²) in [4.78, 5) is 0. The van der Waals surface area contributed by atoms with Crippen LogP contribution >= 0.6 is 0 Å². The van der Waals surface area contributed by atoms with Crippen LogP contribution in [0.15, 0.2) is 48.6 Å². The Kier molecular flexibility index (Phi) is 6.17. The molecular formula is C25H38O2. The van der Waals surface area contributed by atoms with Gasteiger partial charge in [0.2, 0.25) is 0 Å². The van der Waals surface area contributed by atoms with Gasteiger partial charge in [0.05, 0.1) is 11.2 Å². The van der Waals surface area contributed by atoms with Crippen molar-refractivity contribution in [2.75, 3.05) is 0 Å². The van der Waals surface area contributed by atoms with Gasteiger partial charge < -0.3 is 10.2 Å². The highest BCUT2D eigenvalue weighted by molar-refractivity contribution is 5.35. The molecule has 150 valence electrons. The molecule has 0 bridgehead atoms. The third-order valence-electron chi connectivity index (χ3n) is 7.81. The lowest BCUT2D eigenvalue weighted by Gasteiger charge is -2.61. The van der Waals surface area contributed by atoms with Crippen molar-refractivity contribution in [3.8, 4) is 0 Å². The van der Waals surface area contributed by atoms with Crippen LogP contribution in [0.4, 0.5) is 0 Å². The summed E-state index contributed by atoms with van der Waals surface area (Å²) in [5.74, 6) is 0.818. The lowest BCUT2D eigenvalue weighted by molar-refractivity contribution is -0.206. The number of rotatable bonds is 6. The molecule has 0 aromatic carbocycles. The van der Waals surface area contributed by atoms with E-state index < -0.39 is 16.6 Å².